The molecule has 0 radical (unpaired) electrons. The first-order chi connectivity index (χ1) is 18.8. The van der Waals surface area contributed by atoms with Crippen LogP contribution < -0.4 is 0 Å². The molecule has 220 valence electrons. The zero-order chi connectivity index (χ0) is 29.4. The van der Waals surface area contributed by atoms with Gasteiger partial charge in [0.2, 0.25) is 0 Å². The van der Waals surface area contributed by atoms with Gasteiger partial charge in [0.05, 0.1) is 24.4 Å². The third-order valence-electron chi connectivity index (χ3n) is 7.91. The number of carbonyl (C=O) groups is 1. The van der Waals surface area contributed by atoms with E-state index >= 15 is 0 Å². The lowest BCUT2D eigenvalue weighted by atomic mass is 9.96. The van der Waals surface area contributed by atoms with Crippen LogP contribution in [0.25, 0.3) is 0 Å². The van der Waals surface area contributed by atoms with Crippen molar-refractivity contribution in [2.75, 3.05) is 0 Å². The van der Waals surface area contributed by atoms with Crippen LogP contribution in [0.15, 0.2) is 72.9 Å². The molecule has 0 saturated carbocycles. The van der Waals surface area contributed by atoms with Gasteiger partial charge in [0.25, 0.3) is 0 Å². The number of rotatable bonds is 2. The Hall–Kier alpha value is -2.25. The number of ether oxygens (including phenoxy) is 3. The number of carbonyl (C=O) groups excluding carboxylic acids is 1. The minimum absolute atomic E-state index is 0.0478. The number of benzene rings is 1. The van der Waals surface area contributed by atoms with Crippen molar-refractivity contribution >= 4 is 14.3 Å². The summed E-state index contributed by atoms with van der Waals surface area (Å²) in [5.41, 5.74) is 2.27. The van der Waals surface area contributed by atoms with Gasteiger partial charge < -0.3 is 18.6 Å². The van der Waals surface area contributed by atoms with Crippen LogP contribution in [0.4, 0.5) is 0 Å². The summed E-state index contributed by atoms with van der Waals surface area (Å²) in [4.78, 5) is 12.3. The molecule has 3 rings (SSSR count). The van der Waals surface area contributed by atoms with Gasteiger partial charge in [-0.15, -0.1) is 0 Å². The molecular weight excluding hydrogens is 516 g/mol. The maximum Gasteiger partial charge on any atom is 0.331 e. The highest BCUT2D eigenvalue weighted by Crippen LogP contribution is 2.42. The summed E-state index contributed by atoms with van der Waals surface area (Å²) in [5, 5.41) is 0.0807. The highest BCUT2D eigenvalue weighted by atomic mass is 28.4. The second kappa shape index (κ2) is 14.1. The van der Waals surface area contributed by atoms with Crippen molar-refractivity contribution in [2.24, 2.45) is 0 Å². The Morgan fingerprint density at radius 3 is 2.48 bits per heavy atom. The molecule has 0 unspecified atom stereocenters. The van der Waals surface area contributed by atoms with E-state index in [1.54, 1.807) is 6.08 Å². The van der Waals surface area contributed by atoms with Crippen LogP contribution in [-0.2, 0) is 23.4 Å². The largest absolute Gasteiger partial charge is 0.460 e. The second-order valence-electron chi connectivity index (χ2n) is 12.9. The van der Waals surface area contributed by atoms with Crippen molar-refractivity contribution in [1.29, 1.82) is 0 Å². The molecule has 0 aliphatic carbocycles. The van der Waals surface area contributed by atoms with Gasteiger partial charge in [-0.1, -0.05) is 87.6 Å². The average molecular weight is 567 g/mol. The summed E-state index contributed by atoms with van der Waals surface area (Å²) < 4.78 is 25.1. The first-order valence-corrected chi connectivity index (χ1v) is 17.7. The lowest BCUT2D eigenvalue weighted by Gasteiger charge is -2.41. The first-order valence-electron chi connectivity index (χ1n) is 14.8. The van der Waals surface area contributed by atoms with Crippen LogP contribution in [0.5, 0.6) is 0 Å². The van der Waals surface area contributed by atoms with Gasteiger partial charge in [-0.3, -0.25) is 0 Å². The van der Waals surface area contributed by atoms with Crippen LogP contribution in [0.1, 0.15) is 97.0 Å². The maximum absolute atomic E-state index is 12.3. The van der Waals surface area contributed by atoms with E-state index in [2.05, 4.69) is 88.5 Å². The molecule has 40 heavy (non-hydrogen) atoms. The van der Waals surface area contributed by atoms with Crippen molar-refractivity contribution < 1.29 is 23.4 Å². The fraction of sp³-hybridized carbons (Fsp3) is 0.559. The Bertz CT molecular complexity index is 1090. The minimum Gasteiger partial charge on any atom is -0.460 e. The van der Waals surface area contributed by atoms with E-state index in [-0.39, 0.29) is 35.4 Å². The normalized spacial score (nSPS) is 30.1. The van der Waals surface area contributed by atoms with Crippen LogP contribution in [0.2, 0.25) is 18.1 Å². The fourth-order valence-corrected chi connectivity index (χ4v) is 6.00. The number of cyclic esters (lactones) is 1. The molecule has 0 spiro atoms. The third-order valence-corrected chi connectivity index (χ3v) is 12.4. The summed E-state index contributed by atoms with van der Waals surface area (Å²) in [6, 6.07) is 8.63. The number of hydrogen-bond acceptors (Lipinski definition) is 5. The molecule has 0 N–H and O–H groups in total. The Morgan fingerprint density at radius 2 is 1.73 bits per heavy atom. The van der Waals surface area contributed by atoms with Gasteiger partial charge >= 0.3 is 5.97 Å². The summed E-state index contributed by atoms with van der Waals surface area (Å²) >= 11 is 0. The molecule has 2 heterocycles. The van der Waals surface area contributed by atoms with Crippen molar-refractivity contribution in [3.63, 3.8) is 0 Å². The van der Waals surface area contributed by atoms with Crippen molar-refractivity contribution in [1.82, 2.24) is 0 Å². The zero-order valence-corrected chi connectivity index (χ0v) is 26.8. The van der Waals surface area contributed by atoms with Crippen molar-refractivity contribution in [2.45, 2.75) is 122 Å². The first kappa shape index (κ1) is 32.3. The summed E-state index contributed by atoms with van der Waals surface area (Å²) in [6.45, 7) is 17.3. The molecule has 1 fully saturated rings. The van der Waals surface area contributed by atoms with Gasteiger partial charge in [0.1, 0.15) is 0 Å². The van der Waals surface area contributed by atoms with Crippen LogP contribution in [-0.4, -0.2) is 32.3 Å². The van der Waals surface area contributed by atoms with E-state index in [1.165, 1.54) is 6.08 Å². The molecule has 4 bridgehead atoms. The van der Waals surface area contributed by atoms with Crippen LogP contribution in [0, 0.1) is 0 Å². The molecule has 1 aromatic rings. The summed E-state index contributed by atoms with van der Waals surface area (Å²) in [7, 11) is -2.06. The van der Waals surface area contributed by atoms with Crippen molar-refractivity contribution in [3.8, 4) is 0 Å². The average Bonchev–Trinajstić information content (AvgIpc) is 2.85. The monoisotopic (exact) mass is 566 g/mol. The number of fused-ring (bicyclic) bond motifs is 5. The Labute approximate surface area is 243 Å². The summed E-state index contributed by atoms with van der Waals surface area (Å²) in [6.07, 6.45) is 19.4. The molecule has 4 atom stereocenters. The van der Waals surface area contributed by atoms with Gasteiger partial charge in [-0.25, -0.2) is 4.79 Å². The maximum atomic E-state index is 12.3. The Kier molecular flexibility index (Phi) is 11.4. The van der Waals surface area contributed by atoms with Crippen LogP contribution >= 0.6 is 0 Å². The van der Waals surface area contributed by atoms with Gasteiger partial charge in [0, 0.05) is 12.5 Å². The molecule has 0 amide bonds. The zero-order valence-electron chi connectivity index (χ0n) is 25.8. The number of hydrogen-bond donors (Lipinski definition) is 0. The molecule has 1 saturated heterocycles. The topological polar surface area (TPSA) is 54.0 Å². The Balaban J connectivity index is 1.94. The van der Waals surface area contributed by atoms with E-state index in [9.17, 15) is 4.79 Å². The predicted octanol–water partition coefficient (Wildman–Crippen LogP) is 9.06. The molecule has 6 heteroatoms. The van der Waals surface area contributed by atoms with E-state index in [0.29, 0.717) is 6.42 Å². The van der Waals surface area contributed by atoms with Crippen LogP contribution in [0.3, 0.4) is 0 Å². The Morgan fingerprint density at radius 1 is 1.00 bits per heavy atom. The van der Waals surface area contributed by atoms with Gasteiger partial charge in [-0.05, 0) is 75.7 Å². The smallest absolute Gasteiger partial charge is 0.331 e. The van der Waals surface area contributed by atoms with E-state index in [1.807, 2.05) is 26.8 Å². The van der Waals surface area contributed by atoms with Gasteiger partial charge in [0.15, 0.2) is 14.1 Å². The van der Waals surface area contributed by atoms with E-state index in [4.69, 9.17) is 18.6 Å². The van der Waals surface area contributed by atoms with E-state index in [0.717, 1.165) is 36.8 Å². The standard InChI is InChI=1S/C34H50O5Si/c1-26-18-13-10-9-11-14-21-29-25-31(38-34(5,6)37-29)28-20-17-19-27(24-28)30(39-40(7,8)33(2,3)4)22-15-12-16-23-32(35)36-26/h9,11-12,14-17,19-21,23-24,26,29-31H,10,13,18,22,25H2,1-8H3/b11-9-,15-12-,21-14-,23-16-/t26-,29+,30+,31-/m1/s1. The number of esters is 1. The number of allylic oxidation sites excluding steroid dienone is 5. The fourth-order valence-electron chi connectivity index (χ4n) is 4.71. The molecular formula is C34H50O5Si. The minimum atomic E-state index is -2.06. The van der Waals surface area contributed by atoms with E-state index < -0.39 is 14.1 Å². The predicted molar refractivity (Wildman–Crippen MR) is 165 cm³/mol. The molecule has 1 aromatic carbocycles. The molecule has 5 nitrogen and oxygen atoms in total. The molecule has 2 aliphatic heterocycles. The molecule has 0 aromatic heterocycles. The lowest BCUT2D eigenvalue weighted by Crippen LogP contribution is -2.42. The quantitative estimate of drug-likeness (QED) is 0.264. The second-order valence-corrected chi connectivity index (χ2v) is 17.7. The highest BCUT2D eigenvalue weighted by molar-refractivity contribution is 6.74. The summed E-state index contributed by atoms with van der Waals surface area (Å²) in [5.74, 6) is -1.00. The molecule has 2 aliphatic rings. The van der Waals surface area contributed by atoms with Gasteiger partial charge in [-0.2, -0.15) is 0 Å². The third kappa shape index (κ3) is 9.98. The SMILES string of the molecule is C[C@@H]1CCC/C=C\C=C/[C@H]2C[C@@H](OC(C)(C)O2)c2cccc(c2)[C@@H](O[Si](C)(C)C(C)(C)C)C/C=C\C=C/C(=O)O1. The van der Waals surface area contributed by atoms with Crippen molar-refractivity contribution in [3.05, 3.63) is 84.0 Å². The highest BCUT2D eigenvalue weighted by Gasteiger charge is 2.40. The lowest BCUT2D eigenvalue weighted by molar-refractivity contribution is -0.292.